The van der Waals surface area contributed by atoms with Crippen LogP contribution >= 0.6 is 0 Å². The number of ether oxygens (including phenoxy) is 1. The smallest absolute Gasteiger partial charge is 0.0443 e. The molecule has 0 N–H and O–H groups in total. The molecule has 0 heterocycles. The van der Waals surface area contributed by atoms with E-state index in [0.29, 0.717) is 0 Å². The molecule has 0 bridgehead atoms. The summed E-state index contributed by atoms with van der Waals surface area (Å²) in [6.45, 7) is 0.809. The summed E-state index contributed by atoms with van der Waals surface area (Å²) in [6, 6.07) is 0. The quantitative estimate of drug-likeness (QED) is 0.425. The maximum Gasteiger partial charge on any atom is 0.0443 e. The Hall–Kier alpha value is 1.50. The molecule has 0 aromatic rings. The molecule has 0 aromatic heterocycles. The first-order valence-electron chi connectivity index (χ1n) is 1.99. The summed E-state index contributed by atoms with van der Waals surface area (Å²) in [5, 5.41) is 0. The Labute approximate surface area is 85.6 Å². The van der Waals surface area contributed by atoms with Gasteiger partial charge in [0.1, 0.15) is 0 Å². The summed E-state index contributed by atoms with van der Waals surface area (Å²) in [5.74, 6) is 0.813. The number of hydrogen-bond donors (Lipinski definition) is 0. The summed E-state index contributed by atoms with van der Waals surface area (Å²) in [7, 11) is 1.69. The van der Waals surface area contributed by atoms with Gasteiger partial charge in [-0.3, -0.25) is 0 Å². The molecule has 0 rings (SSSR count). The Balaban J connectivity index is -0.000000125. The van der Waals surface area contributed by atoms with Gasteiger partial charge < -0.3 is 24.8 Å². The van der Waals surface area contributed by atoms with Crippen molar-refractivity contribution in [2.24, 2.45) is 0 Å². The molecule has 1 nitrogen and oxygen atoms in total. The second-order valence-electron chi connectivity index (χ2n) is 1.05. The Kier molecular flexibility index (Phi) is 32.1. The second-order valence-corrected chi connectivity index (χ2v) is 1.46. The summed E-state index contributed by atoms with van der Waals surface area (Å²) < 4.78 is 4.72. The van der Waals surface area contributed by atoms with Gasteiger partial charge in [-0.2, -0.15) is 5.75 Å². The van der Waals surface area contributed by atoms with Crippen molar-refractivity contribution in [3.05, 3.63) is 7.43 Å². The molecule has 49 valence electrons. The molecule has 0 saturated carbocycles. The van der Waals surface area contributed by atoms with Gasteiger partial charge in [0.15, 0.2) is 0 Å². The van der Waals surface area contributed by atoms with Crippen molar-refractivity contribution in [1.29, 1.82) is 0 Å². The van der Waals surface area contributed by atoms with E-state index in [4.69, 9.17) is 4.74 Å². The first kappa shape index (κ1) is 16.2. The molecule has 3 heteroatoms. The van der Waals surface area contributed by atoms with Gasteiger partial charge in [0.2, 0.25) is 0 Å². The maximum atomic E-state index is 4.72. The maximum absolute atomic E-state index is 4.72. The van der Waals surface area contributed by atoms with Crippen molar-refractivity contribution in [1.82, 2.24) is 0 Å². The topological polar surface area (TPSA) is 9.23 Å². The molecule has 8 heavy (non-hydrogen) atoms. The molecule has 0 amide bonds. The van der Waals surface area contributed by atoms with Crippen LogP contribution in [0.3, 0.4) is 0 Å². The molecule has 0 fully saturated rings. The molecule has 0 unspecified atom stereocenters. The van der Waals surface area contributed by atoms with Gasteiger partial charge in [0, 0.05) is 49.3 Å². The summed E-state index contributed by atoms with van der Waals surface area (Å²) in [5.41, 5.74) is 0. The molecule has 0 aliphatic heterocycles. The Morgan fingerprint density at radius 2 is 2.00 bits per heavy atom. The Morgan fingerprint density at radius 3 is 2.12 bits per heavy atom. The predicted molar refractivity (Wildman–Crippen MR) is 35.1 cm³/mol. The van der Waals surface area contributed by atoms with Gasteiger partial charge in [0.25, 0.3) is 0 Å². The van der Waals surface area contributed by atoms with E-state index in [0.717, 1.165) is 18.8 Å². The Bertz CT molecular complexity index is 24.4. The molecule has 0 aromatic carbocycles. The van der Waals surface area contributed by atoms with Gasteiger partial charge in [-0.1, -0.05) is 6.42 Å². The second kappa shape index (κ2) is 15.8. The first-order valence-corrected chi connectivity index (χ1v) is 2.56. The monoisotopic (exact) mass is 259 g/mol. The minimum Gasteiger partial charge on any atom is -0.793 e. The predicted octanol–water partition coefficient (Wildman–Crippen LogP) is 1.02. The van der Waals surface area contributed by atoms with Gasteiger partial charge in [-0.05, 0) is 0 Å². The van der Waals surface area contributed by atoms with E-state index in [1.807, 2.05) is 0 Å². The minimum absolute atomic E-state index is 0. The van der Waals surface area contributed by atoms with Crippen LogP contribution in [0, 0.1) is 43.0 Å². The van der Waals surface area contributed by atoms with Crippen LogP contribution in [0.2, 0.25) is 0 Å². The summed E-state index contributed by atoms with van der Waals surface area (Å²) >= 11 is 4.64. The molecule has 0 saturated heterocycles. The van der Waals surface area contributed by atoms with Crippen LogP contribution in [0.5, 0.6) is 0 Å². The van der Waals surface area contributed by atoms with Gasteiger partial charge in [-0.15, -0.1) is 0 Å². The van der Waals surface area contributed by atoms with E-state index in [2.05, 4.69) is 12.6 Å². The standard InChI is InChI=1S/C4H10OS.CH3.La/c1-5-3-2-4-6;;/h6H,2-4H2,1H3;1H3;/q;-1;/p-1. The molecular formula is C5H12LaOS-2. The van der Waals surface area contributed by atoms with Crippen LogP contribution in [0.25, 0.3) is 0 Å². The fourth-order valence-corrected chi connectivity index (χ4v) is 0.321. The minimum atomic E-state index is 0. The van der Waals surface area contributed by atoms with Crippen molar-refractivity contribution in [2.75, 3.05) is 19.5 Å². The zero-order chi connectivity index (χ0) is 4.83. The van der Waals surface area contributed by atoms with Crippen molar-refractivity contribution < 1.29 is 40.3 Å². The Morgan fingerprint density at radius 1 is 1.50 bits per heavy atom. The third-order valence-electron chi connectivity index (χ3n) is 0.493. The third kappa shape index (κ3) is 15.6. The van der Waals surface area contributed by atoms with E-state index >= 15 is 0 Å². The number of rotatable bonds is 3. The van der Waals surface area contributed by atoms with Crippen LogP contribution < -0.4 is 0 Å². The summed E-state index contributed by atoms with van der Waals surface area (Å²) in [6.07, 6.45) is 1.01. The molecular weight excluding hydrogens is 247 g/mol. The van der Waals surface area contributed by atoms with E-state index < -0.39 is 0 Å². The van der Waals surface area contributed by atoms with E-state index in [1.165, 1.54) is 0 Å². The van der Waals surface area contributed by atoms with Crippen LogP contribution in [0.1, 0.15) is 6.42 Å². The molecule has 0 aliphatic rings. The van der Waals surface area contributed by atoms with Gasteiger partial charge >= 0.3 is 0 Å². The average molecular weight is 259 g/mol. The van der Waals surface area contributed by atoms with Crippen LogP contribution in [0.15, 0.2) is 0 Å². The van der Waals surface area contributed by atoms with Crippen molar-refractivity contribution in [2.45, 2.75) is 6.42 Å². The molecule has 1 radical (unpaired) electrons. The van der Waals surface area contributed by atoms with E-state index in [-0.39, 0.29) is 43.0 Å². The van der Waals surface area contributed by atoms with Crippen LogP contribution in [-0.4, -0.2) is 19.5 Å². The van der Waals surface area contributed by atoms with Gasteiger partial charge in [0.05, 0.1) is 0 Å². The largest absolute Gasteiger partial charge is 0.793 e. The first-order chi connectivity index (χ1) is 2.91. The van der Waals surface area contributed by atoms with Crippen molar-refractivity contribution in [3.63, 3.8) is 0 Å². The molecule has 0 spiro atoms. The van der Waals surface area contributed by atoms with Crippen LogP contribution in [0.4, 0.5) is 0 Å². The SMILES string of the molecule is COCCC[S-].[CH3-].[La]. The van der Waals surface area contributed by atoms with E-state index in [1.54, 1.807) is 7.11 Å². The number of methoxy groups -OCH3 is 1. The van der Waals surface area contributed by atoms with Crippen LogP contribution in [-0.2, 0) is 17.4 Å². The average Bonchev–Trinajstić information content (AvgIpc) is 1.61. The molecule has 0 aliphatic carbocycles. The normalized spacial score (nSPS) is 6.75. The fraction of sp³-hybridized carbons (Fsp3) is 0.800. The summed E-state index contributed by atoms with van der Waals surface area (Å²) in [4.78, 5) is 0. The van der Waals surface area contributed by atoms with Crippen molar-refractivity contribution >= 4 is 12.6 Å². The number of hydrogen-bond acceptors (Lipinski definition) is 2. The fourth-order valence-electron chi connectivity index (χ4n) is 0.203. The zero-order valence-electron chi connectivity index (χ0n) is 5.52. The van der Waals surface area contributed by atoms with Crippen molar-refractivity contribution in [3.8, 4) is 0 Å². The third-order valence-corrected chi connectivity index (χ3v) is 0.781. The molecule has 0 atom stereocenters. The van der Waals surface area contributed by atoms with E-state index in [9.17, 15) is 0 Å². The van der Waals surface area contributed by atoms with Gasteiger partial charge in [-0.25, -0.2) is 0 Å². The zero-order valence-corrected chi connectivity index (χ0v) is 9.96.